The van der Waals surface area contributed by atoms with E-state index in [0.717, 1.165) is 59.6 Å². The Labute approximate surface area is 164 Å². The van der Waals surface area contributed by atoms with Gasteiger partial charge in [0.15, 0.2) is 0 Å². The zero-order valence-electron chi connectivity index (χ0n) is 15.8. The van der Waals surface area contributed by atoms with E-state index in [1.807, 2.05) is 31.2 Å². The van der Waals surface area contributed by atoms with Gasteiger partial charge < -0.3 is 0 Å². The highest BCUT2D eigenvalue weighted by atomic mass is 35.5. The largest absolute Gasteiger partial charge is 0.285 e. The van der Waals surface area contributed by atoms with Gasteiger partial charge in [-0.25, -0.2) is 4.68 Å². The van der Waals surface area contributed by atoms with Gasteiger partial charge in [0.05, 0.1) is 17.9 Å². The molecule has 0 aliphatic carbocycles. The number of halogens is 1. The highest BCUT2D eigenvalue weighted by molar-refractivity contribution is 6.30. The van der Waals surface area contributed by atoms with Crippen LogP contribution in [0.3, 0.4) is 0 Å². The van der Waals surface area contributed by atoms with Crippen molar-refractivity contribution >= 4 is 23.2 Å². The Hall–Kier alpha value is -2.46. The summed E-state index contributed by atoms with van der Waals surface area (Å²) in [6, 6.07) is 7.73. The first-order valence-corrected chi connectivity index (χ1v) is 9.60. The molecule has 1 aromatic heterocycles. The number of hydrogen-bond donors (Lipinski definition) is 0. The molecule has 3 heterocycles. The van der Waals surface area contributed by atoms with Crippen molar-refractivity contribution in [2.45, 2.75) is 40.0 Å². The van der Waals surface area contributed by atoms with Crippen molar-refractivity contribution in [2.24, 2.45) is 4.99 Å². The number of aliphatic imine (C=N–C) groups is 1. The second-order valence-electron chi connectivity index (χ2n) is 7.30. The average molecular weight is 380 g/mol. The highest BCUT2D eigenvalue weighted by Gasteiger charge is 2.25. The summed E-state index contributed by atoms with van der Waals surface area (Å²) in [5, 5.41) is 5.19. The number of allylic oxidation sites excluding steroid dienone is 3. The van der Waals surface area contributed by atoms with Crippen molar-refractivity contribution in [2.75, 3.05) is 6.54 Å². The molecule has 0 saturated carbocycles. The van der Waals surface area contributed by atoms with E-state index in [0.29, 0.717) is 5.02 Å². The maximum Gasteiger partial charge on any atom is 0.271 e. The van der Waals surface area contributed by atoms with Gasteiger partial charge in [0.1, 0.15) is 0 Å². The van der Waals surface area contributed by atoms with E-state index in [1.54, 1.807) is 10.8 Å². The van der Waals surface area contributed by atoms with Crippen molar-refractivity contribution in [1.29, 1.82) is 0 Å². The molecule has 0 atom stereocenters. The van der Waals surface area contributed by atoms with Crippen LogP contribution < -0.4 is 0 Å². The summed E-state index contributed by atoms with van der Waals surface area (Å²) in [7, 11) is 0. The highest BCUT2D eigenvalue weighted by Crippen LogP contribution is 2.33. The molecule has 2 aliphatic rings. The summed E-state index contributed by atoms with van der Waals surface area (Å²) in [5.74, 6) is -0.0583. The minimum atomic E-state index is -0.0583. The maximum atomic E-state index is 12.6. The van der Waals surface area contributed by atoms with E-state index >= 15 is 0 Å². The van der Waals surface area contributed by atoms with Crippen LogP contribution in [0.4, 0.5) is 0 Å². The van der Waals surface area contributed by atoms with Gasteiger partial charge in [-0.3, -0.25) is 9.79 Å². The van der Waals surface area contributed by atoms with Crippen LogP contribution in [0.5, 0.6) is 0 Å². The van der Waals surface area contributed by atoms with E-state index < -0.39 is 0 Å². The zero-order valence-corrected chi connectivity index (χ0v) is 16.6. The van der Waals surface area contributed by atoms with Crippen molar-refractivity contribution in [1.82, 2.24) is 9.78 Å². The van der Waals surface area contributed by atoms with Gasteiger partial charge in [0.2, 0.25) is 0 Å². The molecule has 0 amide bonds. The lowest BCUT2D eigenvalue weighted by atomic mass is 9.92. The number of fused-ring (bicyclic) bond motifs is 1. The van der Waals surface area contributed by atoms with Crippen LogP contribution in [0.15, 0.2) is 52.1 Å². The van der Waals surface area contributed by atoms with Crippen molar-refractivity contribution < 1.29 is 4.79 Å². The lowest BCUT2D eigenvalue weighted by Gasteiger charge is -2.16. The molecule has 0 saturated heterocycles. The fourth-order valence-electron chi connectivity index (χ4n) is 3.99. The standard InChI is InChI=1S/C22H22ClN3O/c1-13-12-24-14(2)19(13)9-4-16-10-20-22(17-5-7-18(23)8-6-17)15(3)25-26(20)21(27)11-16/h5-8,11H,4,9-10,12H2,1-3H3. The monoisotopic (exact) mass is 379 g/mol. The molecule has 5 heteroatoms. The van der Waals surface area contributed by atoms with Gasteiger partial charge >= 0.3 is 0 Å². The second kappa shape index (κ2) is 6.93. The smallest absolute Gasteiger partial charge is 0.271 e. The van der Waals surface area contributed by atoms with Crippen LogP contribution >= 0.6 is 11.6 Å². The predicted molar refractivity (Wildman–Crippen MR) is 110 cm³/mol. The molecule has 2 aliphatic heterocycles. The minimum Gasteiger partial charge on any atom is -0.285 e. The summed E-state index contributed by atoms with van der Waals surface area (Å²) in [6.07, 6.45) is 4.30. The Morgan fingerprint density at radius 1 is 1.11 bits per heavy atom. The topological polar surface area (TPSA) is 47.2 Å². The molecule has 27 heavy (non-hydrogen) atoms. The van der Waals surface area contributed by atoms with Crippen LogP contribution in [0.25, 0.3) is 11.1 Å². The van der Waals surface area contributed by atoms with E-state index in [-0.39, 0.29) is 5.91 Å². The molecule has 0 fully saturated rings. The van der Waals surface area contributed by atoms with Crippen molar-refractivity contribution in [3.05, 3.63) is 63.5 Å². The van der Waals surface area contributed by atoms with E-state index in [1.165, 1.54) is 11.1 Å². The van der Waals surface area contributed by atoms with Crippen LogP contribution in [-0.2, 0) is 6.42 Å². The number of carbonyl (C=O) groups is 1. The van der Waals surface area contributed by atoms with E-state index in [4.69, 9.17) is 11.6 Å². The second-order valence-corrected chi connectivity index (χ2v) is 7.74. The molecule has 138 valence electrons. The first-order chi connectivity index (χ1) is 12.9. The van der Waals surface area contributed by atoms with Crippen LogP contribution in [0, 0.1) is 6.92 Å². The fraction of sp³-hybridized carbons (Fsp3) is 0.318. The first-order valence-electron chi connectivity index (χ1n) is 9.22. The number of rotatable bonds is 4. The van der Waals surface area contributed by atoms with E-state index in [9.17, 15) is 4.79 Å². The van der Waals surface area contributed by atoms with Crippen LogP contribution in [-0.4, -0.2) is 27.9 Å². The Balaban J connectivity index is 1.62. The fourth-order valence-corrected chi connectivity index (χ4v) is 4.12. The Morgan fingerprint density at radius 2 is 1.85 bits per heavy atom. The molecule has 0 bridgehead atoms. The van der Waals surface area contributed by atoms with Gasteiger partial charge in [-0.15, -0.1) is 0 Å². The summed E-state index contributed by atoms with van der Waals surface area (Å²) < 4.78 is 1.55. The van der Waals surface area contributed by atoms with Crippen LogP contribution in [0.2, 0.25) is 5.02 Å². The van der Waals surface area contributed by atoms with Gasteiger partial charge in [-0.05, 0) is 62.5 Å². The number of hydrogen-bond acceptors (Lipinski definition) is 3. The number of carbonyl (C=O) groups excluding carboxylic acids is 1. The SMILES string of the molecule is CC1=NCC(C)=C1CCC1=CC(=O)n2nc(C)c(-c3ccc(Cl)cc3)c2C1. The molecule has 0 unspecified atom stereocenters. The van der Waals surface area contributed by atoms with Crippen molar-refractivity contribution in [3.63, 3.8) is 0 Å². The summed E-state index contributed by atoms with van der Waals surface area (Å²) >= 11 is 6.03. The van der Waals surface area contributed by atoms with Gasteiger partial charge in [-0.1, -0.05) is 29.3 Å². The van der Waals surface area contributed by atoms with Gasteiger partial charge in [0, 0.05) is 28.8 Å². The van der Waals surface area contributed by atoms with Crippen LogP contribution in [0.1, 0.15) is 42.9 Å². The molecule has 2 aromatic rings. The number of aryl methyl sites for hydroxylation is 1. The Bertz CT molecular complexity index is 1020. The van der Waals surface area contributed by atoms with Crippen molar-refractivity contribution in [3.8, 4) is 11.1 Å². The molecule has 0 N–H and O–H groups in total. The normalized spacial score (nSPS) is 16.5. The summed E-state index contributed by atoms with van der Waals surface area (Å²) in [4.78, 5) is 17.1. The molecular weight excluding hydrogens is 358 g/mol. The molecule has 0 radical (unpaired) electrons. The third kappa shape index (κ3) is 3.30. The number of aromatic nitrogens is 2. The minimum absolute atomic E-state index is 0.0583. The maximum absolute atomic E-state index is 12.6. The van der Waals surface area contributed by atoms with E-state index in [2.05, 4.69) is 23.9 Å². The summed E-state index contributed by atoms with van der Waals surface area (Å²) in [5.41, 5.74) is 8.91. The first kappa shape index (κ1) is 17.9. The summed E-state index contributed by atoms with van der Waals surface area (Å²) in [6.45, 7) is 6.98. The van der Waals surface area contributed by atoms with Gasteiger partial charge in [0.25, 0.3) is 5.91 Å². The van der Waals surface area contributed by atoms with Gasteiger partial charge in [-0.2, -0.15) is 5.10 Å². The third-order valence-electron chi connectivity index (χ3n) is 5.42. The molecule has 1 aromatic carbocycles. The Kier molecular flexibility index (Phi) is 4.60. The molecule has 0 spiro atoms. The lowest BCUT2D eigenvalue weighted by Crippen LogP contribution is -2.19. The molecule has 4 nitrogen and oxygen atoms in total. The quantitative estimate of drug-likeness (QED) is 0.732. The third-order valence-corrected chi connectivity index (χ3v) is 5.67. The molecule has 4 rings (SSSR count). The number of nitrogens with zero attached hydrogens (tertiary/aromatic N) is 3. The zero-order chi connectivity index (χ0) is 19.1. The number of benzene rings is 1. The predicted octanol–water partition coefficient (Wildman–Crippen LogP) is 5.21. The average Bonchev–Trinajstić information content (AvgIpc) is 3.13. The molecular formula is C22H22ClN3O. The Morgan fingerprint density at radius 3 is 2.52 bits per heavy atom. The lowest BCUT2D eigenvalue weighted by molar-refractivity contribution is 0.0945.